The fourth-order valence-corrected chi connectivity index (χ4v) is 1.39. The summed E-state index contributed by atoms with van der Waals surface area (Å²) in [4.78, 5) is 0. The van der Waals surface area contributed by atoms with Crippen molar-refractivity contribution in [2.75, 3.05) is 0 Å². The van der Waals surface area contributed by atoms with E-state index in [1.807, 2.05) is 13.8 Å². The quantitative estimate of drug-likeness (QED) is 0.819. The van der Waals surface area contributed by atoms with Gasteiger partial charge in [-0.25, -0.2) is 4.68 Å². The maximum atomic E-state index is 12.8. The summed E-state index contributed by atoms with van der Waals surface area (Å²) in [5.41, 5.74) is -1.21. The Kier molecular flexibility index (Phi) is 4.10. The van der Waals surface area contributed by atoms with Crippen LogP contribution in [0.15, 0.2) is 0 Å². The minimum Gasteiger partial charge on any atom is -0.240 e. The summed E-state index contributed by atoms with van der Waals surface area (Å²) < 4.78 is 39.2. The van der Waals surface area contributed by atoms with Crippen LogP contribution in [0.25, 0.3) is 0 Å². The third-order valence-electron chi connectivity index (χ3n) is 2.24. The topological polar surface area (TPSA) is 54.5 Å². The first-order valence-electron chi connectivity index (χ1n) is 5.22. The molecule has 0 amide bonds. The summed E-state index contributed by atoms with van der Waals surface area (Å²) in [7, 11) is 0. The normalized spacial score (nSPS) is 11.8. The van der Waals surface area contributed by atoms with Crippen molar-refractivity contribution in [3.05, 3.63) is 11.4 Å². The molecule has 7 heteroatoms. The van der Waals surface area contributed by atoms with Crippen molar-refractivity contribution >= 4 is 0 Å². The number of aromatic nitrogens is 3. The predicted octanol–water partition coefficient (Wildman–Crippen LogP) is 2.41. The van der Waals surface area contributed by atoms with Crippen molar-refractivity contribution in [3.8, 4) is 6.07 Å². The monoisotopic (exact) mass is 246 g/mol. The summed E-state index contributed by atoms with van der Waals surface area (Å²) in [6, 6.07) is 1.66. The SMILES string of the molecule is CC(C)CCn1nnc(CC#N)c1C(F)(F)F. The van der Waals surface area contributed by atoms with E-state index in [-0.39, 0.29) is 24.6 Å². The third kappa shape index (κ3) is 3.44. The van der Waals surface area contributed by atoms with E-state index in [4.69, 9.17) is 5.26 Å². The highest BCUT2D eigenvalue weighted by molar-refractivity contribution is 5.17. The van der Waals surface area contributed by atoms with E-state index >= 15 is 0 Å². The molecule has 0 fully saturated rings. The summed E-state index contributed by atoms with van der Waals surface area (Å²) in [6.45, 7) is 3.99. The molecule has 0 saturated heterocycles. The van der Waals surface area contributed by atoms with E-state index in [9.17, 15) is 13.2 Å². The molecule has 0 aromatic carbocycles. The lowest BCUT2D eigenvalue weighted by atomic mass is 10.1. The predicted molar refractivity (Wildman–Crippen MR) is 53.8 cm³/mol. The highest BCUT2D eigenvalue weighted by Gasteiger charge is 2.39. The molecule has 0 atom stereocenters. The number of hydrogen-bond acceptors (Lipinski definition) is 3. The van der Waals surface area contributed by atoms with Gasteiger partial charge in [-0.3, -0.25) is 0 Å². The molecule has 0 aliphatic heterocycles. The fourth-order valence-electron chi connectivity index (χ4n) is 1.39. The minimum absolute atomic E-state index is 0.158. The van der Waals surface area contributed by atoms with E-state index in [1.54, 1.807) is 6.07 Å². The van der Waals surface area contributed by atoms with Crippen LogP contribution in [-0.4, -0.2) is 15.0 Å². The van der Waals surface area contributed by atoms with Gasteiger partial charge >= 0.3 is 6.18 Å². The maximum absolute atomic E-state index is 12.8. The Morgan fingerprint density at radius 1 is 1.41 bits per heavy atom. The van der Waals surface area contributed by atoms with Crippen molar-refractivity contribution in [3.63, 3.8) is 0 Å². The number of aryl methyl sites for hydroxylation is 1. The summed E-state index contributed by atoms with van der Waals surface area (Å²) >= 11 is 0. The Labute approximate surface area is 97.0 Å². The van der Waals surface area contributed by atoms with Crippen molar-refractivity contribution in [2.45, 2.75) is 39.4 Å². The van der Waals surface area contributed by atoms with Gasteiger partial charge in [0.05, 0.1) is 12.5 Å². The molecule has 4 nitrogen and oxygen atoms in total. The van der Waals surface area contributed by atoms with Gasteiger partial charge in [0, 0.05) is 6.54 Å². The number of nitriles is 1. The highest BCUT2D eigenvalue weighted by atomic mass is 19.4. The zero-order chi connectivity index (χ0) is 13.1. The molecule has 1 rings (SSSR count). The number of halogens is 3. The van der Waals surface area contributed by atoms with Crippen LogP contribution in [0, 0.1) is 17.2 Å². The lowest BCUT2D eigenvalue weighted by Gasteiger charge is -2.11. The Bertz CT molecular complexity index is 414. The summed E-state index contributed by atoms with van der Waals surface area (Å²) in [5.74, 6) is 0.278. The highest BCUT2D eigenvalue weighted by Crippen LogP contribution is 2.31. The van der Waals surface area contributed by atoms with Crippen LogP contribution in [-0.2, 0) is 19.1 Å². The van der Waals surface area contributed by atoms with E-state index in [2.05, 4.69) is 10.3 Å². The van der Waals surface area contributed by atoms with Gasteiger partial charge in [0.25, 0.3) is 0 Å². The number of hydrogen-bond donors (Lipinski definition) is 0. The number of nitrogens with zero attached hydrogens (tertiary/aromatic N) is 4. The largest absolute Gasteiger partial charge is 0.434 e. The lowest BCUT2D eigenvalue weighted by molar-refractivity contribution is -0.144. The van der Waals surface area contributed by atoms with E-state index in [0.717, 1.165) is 4.68 Å². The number of rotatable bonds is 4. The molecule has 0 aliphatic rings. The second kappa shape index (κ2) is 5.17. The molecular weight excluding hydrogens is 233 g/mol. The molecule has 0 aliphatic carbocycles. The van der Waals surface area contributed by atoms with Crippen LogP contribution in [0.1, 0.15) is 31.7 Å². The molecule has 0 saturated carbocycles. The van der Waals surface area contributed by atoms with Crippen LogP contribution in [0.4, 0.5) is 13.2 Å². The van der Waals surface area contributed by atoms with Gasteiger partial charge in [-0.05, 0) is 12.3 Å². The molecule has 0 unspecified atom stereocenters. The Balaban J connectivity index is 3.02. The summed E-state index contributed by atoms with van der Waals surface area (Å²) in [5, 5.41) is 15.3. The molecule has 0 radical (unpaired) electrons. The van der Waals surface area contributed by atoms with Crippen LogP contribution in [0.5, 0.6) is 0 Å². The average Bonchev–Trinajstić information content (AvgIpc) is 2.58. The molecule has 1 aromatic rings. The first kappa shape index (κ1) is 13.5. The average molecular weight is 246 g/mol. The lowest BCUT2D eigenvalue weighted by Crippen LogP contribution is -2.17. The van der Waals surface area contributed by atoms with E-state index in [0.29, 0.717) is 6.42 Å². The Morgan fingerprint density at radius 2 is 2.06 bits per heavy atom. The fraction of sp³-hybridized carbons (Fsp3) is 0.700. The van der Waals surface area contributed by atoms with Gasteiger partial charge in [0.15, 0.2) is 5.69 Å². The molecule has 94 valence electrons. The van der Waals surface area contributed by atoms with Crippen LogP contribution >= 0.6 is 0 Å². The molecule has 0 N–H and O–H groups in total. The van der Waals surface area contributed by atoms with Gasteiger partial charge in [0.2, 0.25) is 0 Å². The van der Waals surface area contributed by atoms with Gasteiger partial charge in [-0.15, -0.1) is 5.10 Å². The standard InChI is InChI=1S/C10H13F3N4/c1-7(2)4-6-17-9(10(11,12)13)8(3-5-14)15-16-17/h7H,3-4,6H2,1-2H3. The Morgan fingerprint density at radius 3 is 2.53 bits per heavy atom. The van der Waals surface area contributed by atoms with Crippen molar-refractivity contribution in [2.24, 2.45) is 5.92 Å². The van der Waals surface area contributed by atoms with Crippen molar-refractivity contribution in [1.29, 1.82) is 5.26 Å². The molecule has 17 heavy (non-hydrogen) atoms. The van der Waals surface area contributed by atoms with Gasteiger partial charge < -0.3 is 0 Å². The smallest absolute Gasteiger partial charge is 0.240 e. The molecular formula is C10H13F3N4. The number of alkyl halides is 3. The van der Waals surface area contributed by atoms with E-state index in [1.165, 1.54) is 0 Å². The van der Waals surface area contributed by atoms with Crippen molar-refractivity contribution in [1.82, 2.24) is 15.0 Å². The van der Waals surface area contributed by atoms with E-state index < -0.39 is 11.9 Å². The summed E-state index contributed by atoms with van der Waals surface area (Å²) in [6.07, 6.45) is -4.32. The van der Waals surface area contributed by atoms with Crippen LogP contribution in [0.2, 0.25) is 0 Å². The zero-order valence-corrected chi connectivity index (χ0v) is 9.62. The second-order valence-electron chi connectivity index (χ2n) is 4.12. The molecule has 1 heterocycles. The van der Waals surface area contributed by atoms with Crippen LogP contribution in [0.3, 0.4) is 0 Å². The molecule has 0 spiro atoms. The van der Waals surface area contributed by atoms with Crippen LogP contribution < -0.4 is 0 Å². The first-order valence-corrected chi connectivity index (χ1v) is 5.22. The zero-order valence-electron chi connectivity index (χ0n) is 9.62. The maximum Gasteiger partial charge on any atom is 0.434 e. The van der Waals surface area contributed by atoms with Crippen molar-refractivity contribution < 1.29 is 13.2 Å². The molecule has 0 bridgehead atoms. The second-order valence-corrected chi connectivity index (χ2v) is 4.12. The Hall–Kier alpha value is -1.58. The van der Waals surface area contributed by atoms with Gasteiger partial charge in [0.1, 0.15) is 5.69 Å². The third-order valence-corrected chi connectivity index (χ3v) is 2.24. The molecule has 1 aromatic heterocycles. The first-order chi connectivity index (χ1) is 7.86. The van der Waals surface area contributed by atoms with Gasteiger partial charge in [-0.2, -0.15) is 18.4 Å². The van der Waals surface area contributed by atoms with Gasteiger partial charge in [-0.1, -0.05) is 19.1 Å². The minimum atomic E-state index is -4.52.